The van der Waals surface area contributed by atoms with Crippen molar-refractivity contribution in [3.05, 3.63) is 41.7 Å². The summed E-state index contributed by atoms with van der Waals surface area (Å²) in [6.07, 6.45) is 0.133. The molecule has 1 aliphatic heterocycles. The largest absolute Gasteiger partial charge is 0.360 e. The Hall–Kier alpha value is -3.14. The number of anilines is 2. The van der Waals surface area contributed by atoms with E-state index < -0.39 is 5.92 Å². The molecule has 0 radical (unpaired) electrons. The van der Waals surface area contributed by atoms with Crippen molar-refractivity contribution in [1.29, 1.82) is 5.26 Å². The van der Waals surface area contributed by atoms with Gasteiger partial charge in [-0.25, -0.2) is 0 Å². The Morgan fingerprint density at radius 2 is 2.17 bits per heavy atom. The van der Waals surface area contributed by atoms with Gasteiger partial charge in [0.1, 0.15) is 5.76 Å². The Bertz CT molecular complexity index is 788. The molecule has 0 spiro atoms. The smallest absolute Gasteiger partial charge is 0.229 e. The van der Waals surface area contributed by atoms with Gasteiger partial charge in [-0.05, 0) is 31.2 Å². The average Bonchev–Trinajstić information content (AvgIpc) is 3.14. The minimum atomic E-state index is -0.449. The van der Waals surface area contributed by atoms with Crippen LogP contribution in [-0.4, -0.2) is 23.5 Å². The van der Waals surface area contributed by atoms with E-state index in [9.17, 15) is 9.59 Å². The zero-order chi connectivity index (χ0) is 16.4. The van der Waals surface area contributed by atoms with Crippen LogP contribution in [0.15, 0.2) is 34.9 Å². The van der Waals surface area contributed by atoms with Crippen LogP contribution in [0.5, 0.6) is 0 Å². The monoisotopic (exact) mass is 310 g/mol. The summed E-state index contributed by atoms with van der Waals surface area (Å²) < 4.78 is 4.97. The molecule has 116 valence electrons. The number of aromatic nitrogens is 1. The van der Waals surface area contributed by atoms with Gasteiger partial charge >= 0.3 is 0 Å². The maximum Gasteiger partial charge on any atom is 0.229 e. The fourth-order valence-corrected chi connectivity index (χ4v) is 2.46. The number of rotatable bonds is 3. The van der Waals surface area contributed by atoms with Gasteiger partial charge in [-0.1, -0.05) is 5.16 Å². The first-order valence-electron chi connectivity index (χ1n) is 7.11. The standard InChI is InChI=1S/C16H14N4O3/c1-10-6-14(19-23-10)20-9-12(7-15(20)21)16(22)18-13-4-2-11(8-17)3-5-13/h2-6,12H,7,9H2,1H3,(H,18,22). The molecule has 2 aromatic rings. The SMILES string of the molecule is Cc1cc(N2CC(C(=O)Nc3ccc(C#N)cc3)CC2=O)no1. The maximum absolute atomic E-state index is 12.3. The first-order chi connectivity index (χ1) is 11.1. The first-order valence-corrected chi connectivity index (χ1v) is 7.11. The number of amides is 2. The second-order valence-electron chi connectivity index (χ2n) is 5.38. The minimum absolute atomic E-state index is 0.133. The number of nitrogens with zero attached hydrogens (tertiary/aromatic N) is 3. The predicted octanol–water partition coefficient (Wildman–Crippen LogP) is 1.85. The predicted molar refractivity (Wildman–Crippen MR) is 81.5 cm³/mol. The van der Waals surface area contributed by atoms with E-state index in [1.807, 2.05) is 6.07 Å². The van der Waals surface area contributed by atoms with E-state index in [4.69, 9.17) is 9.78 Å². The van der Waals surface area contributed by atoms with E-state index in [1.54, 1.807) is 37.3 Å². The highest BCUT2D eigenvalue weighted by atomic mass is 16.5. The second kappa shape index (κ2) is 5.93. The number of carbonyl (C=O) groups is 2. The lowest BCUT2D eigenvalue weighted by Crippen LogP contribution is -2.28. The summed E-state index contributed by atoms with van der Waals surface area (Å²) in [7, 11) is 0. The molecular weight excluding hydrogens is 296 g/mol. The topological polar surface area (TPSA) is 99.2 Å². The van der Waals surface area contributed by atoms with Crippen molar-refractivity contribution < 1.29 is 14.1 Å². The van der Waals surface area contributed by atoms with Crippen molar-refractivity contribution in [1.82, 2.24) is 5.16 Å². The normalized spacial score (nSPS) is 17.1. The van der Waals surface area contributed by atoms with Gasteiger partial charge in [0.15, 0.2) is 5.82 Å². The Morgan fingerprint density at radius 1 is 1.43 bits per heavy atom. The number of hydrogen-bond acceptors (Lipinski definition) is 5. The van der Waals surface area contributed by atoms with Crippen LogP contribution >= 0.6 is 0 Å². The van der Waals surface area contributed by atoms with Crippen molar-refractivity contribution in [3.63, 3.8) is 0 Å². The summed E-state index contributed by atoms with van der Waals surface area (Å²) in [4.78, 5) is 25.8. The molecule has 1 saturated heterocycles. The van der Waals surface area contributed by atoms with E-state index in [0.717, 1.165) is 0 Å². The summed E-state index contributed by atoms with van der Waals surface area (Å²) in [6.45, 7) is 2.01. The Balaban J connectivity index is 1.66. The van der Waals surface area contributed by atoms with Gasteiger partial charge in [-0.3, -0.25) is 14.5 Å². The maximum atomic E-state index is 12.3. The molecule has 1 fully saturated rings. The van der Waals surface area contributed by atoms with Crippen LogP contribution in [0.4, 0.5) is 11.5 Å². The van der Waals surface area contributed by atoms with E-state index in [-0.39, 0.29) is 24.8 Å². The van der Waals surface area contributed by atoms with Gasteiger partial charge in [0.05, 0.1) is 17.6 Å². The molecule has 1 N–H and O–H groups in total. The molecule has 0 aliphatic carbocycles. The van der Waals surface area contributed by atoms with E-state index in [1.165, 1.54) is 4.90 Å². The Labute approximate surface area is 132 Å². The van der Waals surface area contributed by atoms with Gasteiger partial charge < -0.3 is 9.84 Å². The van der Waals surface area contributed by atoms with Crippen LogP contribution in [0, 0.1) is 24.2 Å². The quantitative estimate of drug-likeness (QED) is 0.932. The third kappa shape index (κ3) is 3.06. The number of aryl methyl sites for hydroxylation is 1. The molecule has 1 unspecified atom stereocenters. The molecule has 2 amide bonds. The fraction of sp³-hybridized carbons (Fsp3) is 0.250. The van der Waals surface area contributed by atoms with Gasteiger partial charge in [0, 0.05) is 24.7 Å². The third-order valence-corrected chi connectivity index (χ3v) is 3.67. The lowest BCUT2D eigenvalue weighted by Gasteiger charge is -2.13. The average molecular weight is 310 g/mol. The number of nitriles is 1. The number of benzene rings is 1. The molecule has 1 aliphatic rings. The number of hydrogen-bond donors (Lipinski definition) is 1. The van der Waals surface area contributed by atoms with Gasteiger partial charge in [0.25, 0.3) is 0 Å². The van der Waals surface area contributed by atoms with E-state index >= 15 is 0 Å². The molecule has 23 heavy (non-hydrogen) atoms. The second-order valence-corrected chi connectivity index (χ2v) is 5.38. The van der Waals surface area contributed by atoms with E-state index in [0.29, 0.717) is 22.8 Å². The number of carbonyl (C=O) groups excluding carboxylic acids is 2. The summed E-state index contributed by atoms with van der Waals surface area (Å²) in [5.74, 6) is 0.207. The molecule has 1 aromatic carbocycles. The van der Waals surface area contributed by atoms with E-state index in [2.05, 4.69) is 10.5 Å². The van der Waals surface area contributed by atoms with Gasteiger partial charge in [-0.2, -0.15) is 5.26 Å². The molecule has 7 nitrogen and oxygen atoms in total. The molecule has 7 heteroatoms. The van der Waals surface area contributed by atoms with Crippen molar-refractivity contribution in [2.24, 2.45) is 5.92 Å². The summed E-state index contributed by atoms with van der Waals surface area (Å²) >= 11 is 0. The molecule has 0 saturated carbocycles. The molecule has 3 rings (SSSR count). The number of nitrogens with one attached hydrogen (secondary N) is 1. The Kier molecular flexibility index (Phi) is 3.81. The highest BCUT2D eigenvalue weighted by Crippen LogP contribution is 2.25. The highest BCUT2D eigenvalue weighted by Gasteiger charge is 2.36. The third-order valence-electron chi connectivity index (χ3n) is 3.67. The van der Waals surface area contributed by atoms with Gasteiger partial charge in [-0.15, -0.1) is 0 Å². The highest BCUT2D eigenvalue weighted by molar-refractivity contribution is 6.03. The zero-order valence-electron chi connectivity index (χ0n) is 12.4. The molecule has 0 bridgehead atoms. The molecule has 2 heterocycles. The van der Waals surface area contributed by atoms with Crippen LogP contribution in [0.1, 0.15) is 17.7 Å². The van der Waals surface area contributed by atoms with Crippen LogP contribution in [0.3, 0.4) is 0 Å². The summed E-state index contributed by atoms with van der Waals surface area (Å²) in [6, 6.07) is 10.2. The summed E-state index contributed by atoms with van der Waals surface area (Å²) in [5, 5.41) is 15.3. The van der Waals surface area contributed by atoms with Crippen molar-refractivity contribution in [3.8, 4) is 6.07 Å². The molecular formula is C16H14N4O3. The molecule has 1 atom stereocenters. The lowest BCUT2D eigenvalue weighted by molar-refractivity contribution is -0.122. The van der Waals surface area contributed by atoms with Crippen molar-refractivity contribution >= 4 is 23.3 Å². The summed E-state index contributed by atoms with van der Waals surface area (Å²) in [5.41, 5.74) is 1.11. The Morgan fingerprint density at radius 3 is 2.78 bits per heavy atom. The lowest BCUT2D eigenvalue weighted by atomic mass is 10.1. The van der Waals surface area contributed by atoms with Crippen LogP contribution in [-0.2, 0) is 9.59 Å². The molecule has 1 aromatic heterocycles. The zero-order valence-corrected chi connectivity index (χ0v) is 12.4. The first kappa shape index (κ1) is 14.8. The minimum Gasteiger partial charge on any atom is -0.360 e. The van der Waals surface area contributed by atoms with Crippen LogP contribution in [0.2, 0.25) is 0 Å². The fourth-order valence-electron chi connectivity index (χ4n) is 2.46. The van der Waals surface area contributed by atoms with Crippen molar-refractivity contribution in [2.75, 3.05) is 16.8 Å². The van der Waals surface area contributed by atoms with Gasteiger partial charge in [0.2, 0.25) is 11.8 Å². The van der Waals surface area contributed by atoms with Crippen molar-refractivity contribution in [2.45, 2.75) is 13.3 Å². The van der Waals surface area contributed by atoms with Crippen LogP contribution < -0.4 is 10.2 Å². The van der Waals surface area contributed by atoms with Crippen LogP contribution in [0.25, 0.3) is 0 Å².